The number of hydrogen-bond acceptors (Lipinski definition) is 3. The van der Waals surface area contributed by atoms with Crippen LogP contribution in [-0.4, -0.2) is 36.6 Å². The highest BCUT2D eigenvalue weighted by molar-refractivity contribution is 9.10. The van der Waals surface area contributed by atoms with Crippen molar-refractivity contribution in [3.05, 3.63) is 57.7 Å². The van der Waals surface area contributed by atoms with Crippen LogP contribution >= 0.6 is 15.9 Å². The van der Waals surface area contributed by atoms with Crippen molar-refractivity contribution in [1.29, 1.82) is 0 Å². The van der Waals surface area contributed by atoms with Crippen LogP contribution < -0.4 is 9.47 Å². The van der Waals surface area contributed by atoms with Crippen LogP contribution in [-0.2, 0) is 13.0 Å². The van der Waals surface area contributed by atoms with Gasteiger partial charge < -0.3 is 19.4 Å². The number of carbonyl (C=O) groups excluding carboxylic acids is 1. The number of aromatic nitrogens is 1. The first-order chi connectivity index (χ1) is 12.6. The maximum atomic E-state index is 13.1. The summed E-state index contributed by atoms with van der Waals surface area (Å²) in [4.78, 5) is 18.4. The monoisotopic (exact) mass is 414 g/mol. The number of ether oxygens (including phenoxy) is 2. The van der Waals surface area contributed by atoms with Crippen LogP contribution in [0.5, 0.6) is 11.5 Å². The highest BCUT2D eigenvalue weighted by Gasteiger charge is 2.26. The molecule has 1 aromatic heterocycles. The zero-order chi connectivity index (χ0) is 18.3. The van der Waals surface area contributed by atoms with E-state index < -0.39 is 0 Å². The third-order valence-electron chi connectivity index (χ3n) is 4.85. The third kappa shape index (κ3) is 2.84. The van der Waals surface area contributed by atoms with Crippen molar-refractivity contribution in [3.8, 4) is 11.5 Å². The lowest BCUT2D eigenvalue weighted by Gasteiger charge is -2.27. The molecular weight excluding hydrogens is 396 g/mol. The van der Waals surface area contributed by atoms with E-state index in [-0.39, 0.29) is 5.91 Å². The maximum Gasteiger partial charge on any atom is 0.254 e. The molecule has 2 heterocycles. The Kier molecular flexibility index (Phi) is 4.36. The minimum Gasteiger partial charge on any atom is -0.497 e. The van der Waals surface area contributed by atoms with Crippen molar-refractivity contribution in [2.24, 2.45) is 0 Å². The average molecular weight is 415 g/mol. The second-order valence-corrected chi connectivity index (χ2v) is 7.18. The normalized spacial score (nSPS) is 13.6. The molecule has 1 amide bonds. The van der Waals surface area contributed by atoms with Gasteiger partial charge in [-0.15, -0.1) is 0 Å². The summed E-state index contributed by atoms with van der Waals surface area (Å²) in [5, 5.41) is 1.16. The number of hydrogen-bond donors (Lipinski definition) is 1. The Morgan fingerprint density at radius 1 is 1.15 bits per heavy atom. The van der Waals surface area contributed by atoms with E-state index in [4.69, 9.17) is 9.47 Å². The number of carbonyl (C=O) groups is 1. The molecule has 2 aromatic carbocycles. The topological polar surface area (TPSA) is 54.6 Å². The number of fused-ring (bicyclic) bond motifs is 3. The van der Waals surface area contributed by atoms with Gasteiger partial charge in [-0.05, 0) is 34.1 Å². The fourth-order valence-corrected chi connectivity index (χ4v) is 3.95. The number of benzene rings is 2. The molecule has 3 aromatic rings. The summed E-state index contributed by atoms with van der Waals surface area (Å²) >= 11 is 3.60. The molecule has 1 N–H and O–H groups in total. The molecule has 5 nitrogen and oxygen atoms in total. The van der Waals surface area contributed by atoms with Gasteiger partial charge in [0, 0.05) is 52.3 Å². The maximum absolute atomic E-state index is 13.1. The van der Waals surface area contributed by atoms with Crippen molar-refractivity contribution in [2.75, 3.05) is 20.8 Å². The van der Waals surface area contributed by atoms with E-state index >= 15 is 0 Å². The molecule has 0 fully saturated rings. The molecule has 0 saturated carbocycles. The predicted molar refractivity (Wildman–Crippen MR) is 104 cm³/mol. The van der Waals surface area contributed by atoms with Gasteiger partial charge in [0.1, 0.15) is 11.5 Å². The molecule has 0 atom stereocenters. The number of amides is 1. The zero-order valence-corrected chi connectivity index (χ0v) is 16.2. The Bertz CT molecular complexity index is 974. The lowest BCUT2D eigenvalue weighted by Crippen LogP contribution is -2.35. The smallest absolute Gasteiger partial charge is 0.254 e. The predicted octanol–water partition coefficient (Wildman–Crippen LogP) is 4.15. The quantitative estimate of drug-likeness (QED) is 0.700. The van der Waals surface area contributed by atoms with Crippen molar-refractivity contribution < 1.29 is 14.3 Å². The standard InChI is InChI=1S/C20H19BrN2O3/c1-25-13-8-12(9-14(10-13)26-2)20(24)23-7-6-18-16(11-23)15-4-3-5-17(21)19(15)22-18/h3-5,8-10,22H,6-7,11H2,1-2H3. The van der Waals surface area contributed by atoms with E-state index in [0.717, 1.165) is 21.8 Å². The van der Waals surface area contributed by atoms with Crippen LogP contribution in [0.2, 0.25) is 0 Å². The van der Waals surface area contributed by atoms with Gasteiger partial charge in [-0.1, -0.05) is 12.1 Å². The molecule has 4 rings (SSSR count). The number of para-hydroxylation sites is 1. The van der Waals surface area contributed by atoms with Gasteiger partial charge in [0.2, 0.25) is 0 Å². The Morgan fingerprint density at radius 3 is 2.58 bits per heavy atom. The van der Waals surface area contributed by atoms with Crippen molar-refractivity contribution in [2.45, 2.75) is 13.0 Å². The summed E-state index contributed by atoms with van der Waals surface area (Å²) in [7, 11) is 3.17. The van der Waals surface area contributed by atoms with E-state index in [1.165, 1.54) is 11.3 Å². The van der Waals surface area contributed by atoms with E-state index in [9.17, 15) is 4.79 Å². The largest absolute Gasteiger partial charge is 0.497 e. The van der Waals surface area contributed by atoms with Crippen LogP contribution in [0.1, 0.15) is 21.6 Å². The van der Waals surface area contributed by atoms with Gasteiger partial charge in [-0.2, -0.15) is 0 Å². The van der Waals surface area contributed by atoms with Crippen LogP contribution in [0.3, 0.4) is 0 Å². The van der Waals surface area contributed by atoms with Crippen molar-refractivity contribution >= 4 is 32.7 Å². The lowest BCUT2D eigenvalue weighted by atomic mass is 10.0. The summed E-state index contributed by atoms with van der Waals surface area (Å²) in [6, 6.07) is 11.4. The van der Waals surface area contributed by atoms with Crippen LogP contribution in [0, 0.1) is 0 Å². The van der Waals surface area contributed by atoms with Gasteiger partial charge in [-0.3, -0.25) is 4.79 Å². The molecule has 0 radical (unpaired) electrons. The number of nitrogens with one attached hydrogen (secondary N) is 1. The third-order valence-corrected chi connectivity index (χ3v) is 5.51. The molecule has 134 valence electrons. The minimum atomic E-state index is -0.0165. The van der Waals surface area contributed by atoms with E-state index in [1.54, 1.807) is 32.4 Å². The van der Waals surface area contributed by atoms with Crippen LogP contribution in [0.25, 0.3) is 10.9 Å². The Balaban J connectivity index is 1.68. The minimum absolute atomic E-state index is 0.0165. The van der Waals surface area contributed by atoms with Crippen molar-refractivity contribution in [3.63, 3.8) is 0 Å². The summed E-state index contributed by atoms with van der Waals surface area (Å²) in [6.45, 7) is 1.26. The van der Waals surface area contributed by atoms with Crippen LogP contribution in [0.15, 0.2) is 40.9 Å². The van der Waals surface area contributed by atoms with Gasteiger partial charge in [0.25, 0.3) is 5.91 Å². The molecule has 0 unspecified atom stereocenters. The number of nitrogens with zero attached hydrogens (tertiary/aromatic N) is 1. The Morgan fingerprint density at radius 2 is 1.88 bits per heavy atom. The first-order valence-corrected chi connectivity index (χ1v) is 9.20. The fourth-order valence-electron chi connectivity index (χ4n) is 3.49. The number of methoxy groups -OCH3 is 2. The number of rotatable bonds is 3. The molecule has 1 aliphatic rings. The molecule has 0 aliphatic carbocycles. The SMILES string of the molecule is COc1cc(OC)cc(C(=O)N2CCc3[nH]c4c(Br)cccc4c3C2)c1. The molecule has 0 spiro atoms. The molecule has 0 saturated heterocycles. The summed E-state index contributed by atoms with van der Waals surface area (Å²) in [5.41, 5.74) is 4.07. The molecule has 0 bridgehead atoms. The Labute approximate surface area is 160 Å². The lowest BCUT2D eigenvalue weighted by molar-refractivity contribution is 0.0734. The summed E-state index contributed by atoms with van der Waals surface area (Å²) in [5.74, 6) is 1.21. The Hall–Kier alpha value is -2.47. The van der Waals surface area contributed by atoms with Gasteiger partial charge in [-0.25, -0.2) is 0 Å². The molecule has 26 heavy (non-hydrogen) atoms. The summed E-state index contributed by atoms with van der Waals surface area (Å²) in [6.07, 6.45) is 0.809. The molecule has 1 aliphatic heterocycles. The van der Waals surface area contributed by atoms with E-state index in [2.05, 4.69) is 27.0 Å². The van der Waals surface area contributed by atoms with Gasteiger partial charge >= 0.3 is 0 Å². The van der Waals surface area contributed by atoms with E-state index in [0.29, 0.717) is 30.2 Å². The fraction of sp³-hybridized carbons (Fsp3) is 0.250. The first-order valence-electron chi connectivity index (χ1n) is 8.41. The first kappa shape index (κ1) is 17.0. The van der Waals surface area contributed by atoms with Gasteiger partial charge in [0.15, 0.2) is 0 Å². The molecule has 6 heteroatoms. The highest BCUT2D eigenvalue weighted by Crippen LogP contribution is 2.32. The highest BCUT2D eigenvalue weighted by atomic mass is 79.9. The number of aromatic amines is 1. The van der Waals surface area contributed by atoms with E-state index in [1.807, 2.05) is 17.0 Å². The number of halogens is 1. The second kappa shape index (κ2) is 6.68. The van der Waals surface area contributed by atoms with Gasteiger partial charge in [0.05, 0.1) is 19.7 Å². The second-order valence-electron chi connectivity index (χ2n) is 6.32. The van der Waals surface area contributed by atoms with Crippen LogP contribution in [0.4, 0.5) is 0 Å². The average Bonchev–Trinajstić information content (AvgIpc) is 3.06. The molecular formula is C20H19BrN2O3. The zero-order valence-electron chi connectivity index (χ0n) is 14.6. The number of H-pyrrole nitrogens is 1. The summed E-state index contributed by atoms with van der Waals surface area (Å²) < 4.78 is 11.6. The van der Waals surface area contributed by atoms with Crippen molar-refractivity contribution in [1.82, 2.24) is 9.88 Å².